The first-order valence-corrected chi connectivity index (χ1v) is 17.1. The molecule has 0 aromatic carbocycles. The van der Waals surface area contributed by atoms with Gasteiger partial charge >= 0.3 is 39.1 Å². The van der Waals surface area contributed by atoms with Gasteiger partial charge in [0.15, 0.2) is 0 Å². The van der Waals surface area contributed by atoms with Crippen molar-refractivity contribution in [1.82, 2.24) is 0 Å². The van der Waals surface area contributed by atoms with Gasteiger partial charge in [0.1, 0.15) is 6.10 Å². The van der Waals surface area contributed by atoms with E-state index in [0.717, 1.165) is 0 Å². The summed E-state index contributed by atoms with van der Waals surface area (Å²) in [5.41, 5.74) is 5.29. The summed E-state index contributed by atoms with van der Waals surface area (Å²) in [4.78, 5) is 47.1. The normalized spacial score (nSPS) is 27.3. The van der Waals surface area contributed by atoms with Crippen molar-refractivity contribution < 1.29 is 83.4 Å². The number of aliphatic hydroxyl groups is 1. The number of rotatable bonds is 18. The summed E-state index contributed by atoms with van der Waals surface area (Å²) in [7, 11) is -28.9. The number of unbranched alkanes of at least 4 members (excludes halogenated alkanes) is 3. The van der Waals surface area contributed by atoms with Crippen LogP contribution in [0.15, 0.2) is 0 Å². The van der Waals surface area contributed by atoms with Gasteiger partial charge in [-0.3, -0.25) is 9.05 Å². The van der Waals surface area contributed by atoms with Crippen molar-refractivity contribution in [3.8, 4) is 0 Å². The molecule has 0 radical (unpaired) electrons. The van der Waals surface area contributed by atoms with E-state index in [1.807, 2.05) is 0 Å². The fraction of sp³-hybridized carbons (Fsp3) is 1.00. The third-order valence-corrected chi connectivity index (χ3v) is 11.3. The van der Waals surface area contributed by atoms with Gasteiger partial charge in [-0.15, -0.1) is 0 Å². The molecule has 1 aliphatic heterocycles. The Morgan fingerprint density at radius 3 is 1.63 bits per heavy atom. The van der Waals surface area contributed by atoms with E-state index < -0.39 is 64.5 Å². The van der Waals surface area contributed by atoms with Crippen molar-refractivity contribution in [2.45, 2.75) is 44.3 Å². The molecular formula is C11H28NO18P5. The lowest BCUT2D eigenvalue weighted by Crippen LogP contribution is -2.25. The zero-order chi connectivity index (χ0) is 27.0. The summed E-state index contributed by atoms with van der Waals surface area (Å²) >= 11 is 0. The fourth-order valence-corrected chi connectivity index (χ4v) is 8.76. The molecule has 1 aliphatic rings. The van der Waals surface area contributed by atoms with Crippen LogP contribution in [0.1, 0.15) is 32.1 Å². The zero-order valence-electron chi connectivity index (χ0n) is 17.9. The van der Waals surface area contributed by atoms with Gasteiger partial charge in [0.05, 0.1) is 19.3 Å². The second kappa shape index (κ2) is 14.1. The van der Waals surface area contributed by atoms with E-state index in [4.69, 9.17) is 10.5 Å². The quantitative estimate of drug-likeness (QED) is 0.0841. The van der Waals surface area contributed by atoms with Gasteiger partial charge in [-0.05, 0) is 25.8 Å². The lowest BCUT2D eigenvalue weighted by molar-refractivity contribution is 0.00364. The molecule has 8 N–H and O–H groups in total. The Bertz CT molecular complexity index is 913. The summed E-state index contributed by atoms with van der Waals surface area (Å²) in [6.45, 7) is -0.673. The molecule has 1 heterocycles. The van der Waals surface area contributed by atoms with E-state index >= 15 is 0 Å². The molecule has 0 aromatic rings. The van der Waals surface area contributed by atoms with Crippen molar-refractivity contribution in [3.05, 3.63) is 0 Å². The maximum atomic E-state index is 11.8. The molecule has 1 rings (SSSR count). The minimum atomic E-state index is -6.13. The van der Waals surface area contributed by atoms with E-state index in [2.05, 4.69) is 26.3 Å². The Balaban J connectivity index is 2.61. The van der Waals surface area contributed by atoms with Crippen LogP contribution in [0.25, 0.3) is 0 Å². The van der Waals surface area contributed by atoms with E-state index in [9.17, 15) is 52.4 Å². The second-order valence-electron chi connectivity index (χ2n) is 6.77. The Hall–Kier alpha value is 0.590. The van der Waals surface area contributed by atoms with Crippen LogP contribution in [0.3, 0.4) is 0 Å². The number of nitrogens with two attached hydrogens (primary N) is 1. The Morgan fingerprint density at radius 1 is 0.714 bits per heavy atom. The van der Waals surface area contributed by atoms with Gasteiger partial charge in [-0.2, -0.15) is 17.2 Å². The minimum absolute atomic E-state index is 0.0995. The summed E-state index contributed by atoms with van der Waals surface area (Å²) in [5, 5.41) is 9.51. The molecule has 210 valence electrons. The van der Waals surface area contributed by atoms with Gasteiger partial charge in [0.2, 0.25) is 0 Å². The first-order valence-electron chi connectivity index (χ1n) is 9.66. The maximum Gasteiger partial charge on any atom is 0.490 e. The Morgan fingerprint density at radius 2 is 1.17 bits per heavy atom. The van der Waals surface area contributed by atoms with Gasteiger partial charge in [-0.25, -0.2) is 22.8 Å². The van der Waals surface area contributed by atoms with Crippen LogP contribution >= 0.6 is 39.1 Å². The SMILES string of the molecule is NCCCCCCOP(=O)(O)OP(=O)(O)OP(=O)(O)OP(=O)(O)OP(=O)(O)OC[C@H]1OCC[C@H]1O. The van der Waals surface area contributed by atoms with Crippen LogP contribution in [-0.2, 0) is 53.9 Å². The van der Waals surface area contributed by atoms with Crippen LogP contribution in [0.2, 0.25) is 0 Å². The molecule has 19 nitrogen and oxygen atoms in total. The fourth-order valence-electron chi connectivity index (χ4n) is 2.36. The van der Waals surface area contributed by atoms with E-state index in [0.29, 0.717) is 25.8 Å². The summed E-state index contributed by atoms with van der Waals surface area (Å²) in [6.07, 6.45) is 0.155. The Labute approximate surface area is 199 Å². The number of hydrogen-bond acceptors (Lipinski definition) is 14. The Kier molecular flexibility index (Phi) is 13.6. The maximum absolute atomic E-state index is 11.8. The summed E-state index contributed by atoms with van der Waals surface area (Å²) in [5.74, 6) is 0. The van der Waals surface area contributed by atoms with E-state index in [-0.39, 0.29) is 19.4 Å². The number of ether oxygens (including phenoxy) is 1. The van der Waals surface area contributed by atoms with Crippen LogP contribution in [-0.4, -0.2) is 68.1 Å². The monoisotopic (exact) mass is 617 g/mol. The van der Waals surface area contributed by atoms with Crippen LogP contribution in [0.4, 0.5) is 0 Å². The minimum Gasteiger partial charge on any atom is -0.390 e. The van der Waals surface area contributed by atoms with Gasteiger partial charge in [-0.1, -0.05) is 12.8 Å². The number of hydrogen-bond donors (Lipinski definition) is 7. The highest BCUT2D eigenvalue weighted by Gasteiger charge is 2.48. The van der Waals surface area contributed by atoms with Gasteiger partial charge in [0, 0.05) is 6.61 Å². The topological polar surface area (TPSA) is 297 Å². The highest BCUT2D eigenvalue weighted by Crippen LogP contribution is 2.73. The first kappa shape index (κ1) is 33.6. The average molecular weight is 617 g/mol. The molecule has 0 amide bonds. The van der Waals surface area contributed by atoms with Gasteiger partial charge < -0.3 is 40.0 Å². The molecule has 5 unspecified atom stereocenters. The van der Waals surface area contributed by atoms with Crippen molar-refractivity contribution >= 4 is 39.1 Å². The highest BCUT2D eigenvalue weighted by atomic mass is 31.3. The van der Waals surface area contributed by atoms with E-state index in [1.54, 1.807) is 0 Å². The molecule has 35 heavy (non-hydrogen) atoms. The van der Waals surface area contributed by atoms with Crippen molar-refractivity contribution in [3.63, 3.8) is 0 Å². The largest absolute Gasteiger partial charge is 0.490 e. The second-order valence-corrected chi connectivity index (χ2v) is 14.6. The van der Waals surface area contributed by atoms with Crippen LogP contribution in [0.5, 0.6) is 0 Å². The summed E-state index contributed by atoms with van der Waals surface area (Å²) < 4.78 is 87.2. The molecule has 0 aromatic heterocycles. The average Bonchev–Trinajstić information content (AvgIpc) is 3.03. The standard InChI is InChI=1S/C11H28NO18P5/c12-6-3-1-2-4-7-25-31(14,15)27-33(18,19)29-35(22,23)30-34(20,21)28-32(16,17)26-9-11-10(13)5-8-24-11/h10-11,13H,1-9,12H2,(H,14,15)(H,16,17)(H,18,19)(H,20,21)(H,22,23)/t10-,11-/m1/s1. The van der Waals surface area contributed by atoms with E-state index in [1.165, 1.54) is 0 Å². The lowest BCUT2D eigenvalue weighted by atomic mass is 10.2. The van der Waals surface area contributed by atoms with Crippen molar-refractivity contribution in [2.24, 2.45) is 5.73 Å². The summed E-state index contributed by atoms with van der Waals surface area (Å²) in [6, 6.07) is 0. The molecule has 0 saturated carbocycles. The predicted octanol–water partition coefficient (Wildman–Crippen LogP) is 1.26. The molecule has 24 heteroatoms. The third-order valence-electron chi connectivity index (χ3n) is 3.75. The number of phosphoric ester groups is 2. The van der Waals surface area contributed by atoms with Crippen molar-refractivity contribution in [1.29, 1.82) is 0 Å². The molecule has 7 atom stereocenters. The molecule has 0 aliphatic carbocycles. The molecule has 1 saturated heterocycles. The number of aliphatic hydroxyl groups excluding tert-OH is 1. The zero-order valence-corrected chi connectivity index (χ0v) is 22.4. The first-order chi connectivity index (χ1) is 15.9. The lowest BCUT2D eigenvalue weighted by Gasteiger charge is -2.21. The smallest absolute Gasteiger partial charge is 0.390 e. The third kappa shape index (κ3) is 14.9. The number of phosphoric acid groups is 5. The highest BCUT2D eigenvalue weighted by molar-refractivity contribution is 7.71. The molecule has 1 fully saturated rings. The van der Waals surface area contributed by atoms with Crippen LogP contribution < -0.4 is 5.73 Å². The molecular weight excluding hydrogens is 589 g/mol. The van der Waals surface area contributed by atoms with Crippen molar-refractivity contribution in [2.75, 3.05) is 26.4 Å². The van der Waals surface area contributed by atoms with Crippen LogP contribution in [0, 0.1) is 0 Å². The molecule has 0 spiro atoms. The van der Waals surface area contributed by atoms with Gasteiger partial charge in [0.25, 0.3) is 0 Å². The predicted molar refractivity (Wildman–Crippen MR) is 113 cm³/mol. The molecule has 0 bridgehead atoms.